The topological polar surface area (TPSA) is 80.0 Å². The molecule has 0 spiro atoms. The van der Waals surface area contributed by atoms with Crippen LogP contribution < -0.4 is 11.1 Å². The lowest BCUT2D eigenvalue weighted by Crippen LogP contribution is -2.43. The minimum absolute atomic E-state index is 0. The van der Waals surface area contributed by atoms with Crippen LogP contribution in [0.5, 0.6) is 0 Å². The number of carbonyl (C=O) groups is 1. The first kappa shape index (κ1) is 23.3. The van der Waals surface area contributed by atoms with Gasteiger partial charge in [-0.2, -0.15) is 0 Å². The van der Waals surface area contributed by atoms with Crippen molar-refractivity contribution in [1.82, 2.24) is 10.2 Å². The fraction of sp³-hybridized carbons (Fsp3) is 0.895. The van der Waals surface area contributed by atoms with Gasteiger partial charge in [-0.1, -0.05) is 25.7 Å². The van der Waals surface area contributed by atoms with Crippen LogP contribution in [-0.4, -0.2) is 48.2 Å². The van der Waals surface area contributed by atoms with E-state index >= 15 is 0 Å². The van der Waals surface area contributed by atoms with Crippen molar-refractivity contribution < 1.29 is 9.53 Å². The summed E-state index contributed by atoms with van der Waals surface area (Å²) in [6.45, 7) is 7.92. The third kappa shape index (κ3) is 8.77. The number of piperidine rings is 1. The number of aliphatic imine (C=N–C) groups is 1. The number of halogens is 1. The van der Waals surface area contributed by atoms with Crippen LogP contribution in [0.4, 0.5) is 4.79 Å². The molecule has 1 aliphatic carbocycles. The summed E-state index contributed by atoms with van der Waals surface area (Å²) in [5.41, 5.74) is 5.64. The molecule has 0 unspecified atom stereocenters. The summed E-state index contributed by atoms with van der Waals surface area (Å²) >= 11 is 0. The third-order valence-corrected chi connectivity index (χ3v) is 4.99. The molecule has 2 fully saturated rings. The normalized spacial score (nSPS) is 20.9. The van der Waals surface area contributed by atoms with Crippen LogP contribution in [0, 0.1) is 5.92 Å². The molecule has 152 valence electrons. The zero-order valence-electron chi connectivity index (χ0n) is 16.6. The van der Waals surface area contributed by atoms with Crippen molar-refractivity contribution in [3.8, 4) is 0 Å². The monoisotopic (exact) mass is 480 g/mol. The van der Waals surface area contributed by atoms with Gasteiger partial charge >= 0.3 is 6.09 Å². The lowest BCUT2D eigenvalue weighted by Gasteiger charge is -2.33. The number of amides is 1. The summed E-state index contributed by atoms with van der Waals surface area (Å²) in [5.74, 6) is 1.08. The minimum atomic E-state index is -0.434. The molecule has 3 N–H and O–H groups in total. The number of hydrogen-bond donors (Lipinski definition) is 2. The molecule has 0 radical (unpaired) electrons. The van der Waals surface area contributed by atoms with Crippen LogP contribution in [0.25, 0.3) is 0 Å². The maximum atomic E-state index is 12.1. The van der Waals surface area contributed by atoms with Crippen molar-refractivity contribution in [3.05, 3.63) is 0 Å². The van der Waals surface area contributed by atoms with Gasteiger partial charge in [0.15, 0.2) is 5.96 Å². The molecular formula is C19H37IN4O2. The second-order valence-electron chi connectivity index (χ2n) is 8.47. The van der Waals surface area contributed by atoms with E-state index in [-0.39, 0.29) is 30.1 Å². The van der Waals surface area contributed by atoms with E-state index in [1.165, 1.54) is 38.5 Å². The van der Waals surface area contributed by atoms with Gasteiger partial charge in [0.05, 0.1) is 0 Å². The van der Waals surface area contributed by atoms with E-state index in [2.05, 4.69) is 10.3 Å². The Labute approximate surface area is 175 Å². The van der Waals surface area contributed by atoms with Crippen LogP contribution in [0.15, 0.2) is 4.99 Å². The summed E-state index contributed by atoms with van der Waals surface area (Å²) in [4.78, 5) is 18.4. The van der Waals surface area contributed by atoms with E-state index in [9.17, 15) is 4.79 Å². The molecule has 1 heterocycles. The summed E-state index contributed by atoms with van der Waals surface area (Å²) in [6.07, 6.45) is 9.36. The minimum Gasteiger partial charge on any atom is -0.444 e. The van der Waals surface area contributed by atoms with Crippen molar-refractivity contribution >= 4 is 36.0 Å². The molecule has 0 aromatic carbocycles. The SMILES string of the molecule is CC(C)(C)OC(=O)N1CCC(CN=C(N)NC2CCCCCC2)CC1.I. The van der Waals surface area contributed by atoms with E-state index in [1.54, 1.807) is 4.90 Å². The average Bonchev–Trinajstić information content (AvgIpc) is 2.80. The standard InChI is InChI=1S/C19H36N4O2.HI/c1-19(2,3)25-18(24)23-12-10-15(11-13-23)14-21-17(20)22-16-8-6-4-5-7-9-16;/h15-16H,4-14H2,1-3H3,(H3,20,21,22);1H. The molecule has 26 heavy (non-hydrogen) atoms. The Hall–Kier alpha value is -0.730. The fourth-order valence-corrected chi connectivity index (χ4v) is 3.53. The molecule has 1 aliphatic heterocycles. The molecule has 6 nitrogen and oxygen atoms in total. The number of ether oxygens (including phenoxy) is 1. The summed E-state index contributed by atoms with van der Waals surface area (Å²) in [5, 5.41) is 3.39. The smallest absolute Gasteiger partial charge is 0.410 e. The molecule has 0 aromatic rings. The van der Waals surface area contributed by atoms with Crippen molar-refractivity contribution in [2.75, 3.05) is 19.6 Å². The summed E-state index contributed by atoms with van der Waals surface area (Å²) in [6, 6.07) is 0.486. The molecule has 0 bridgehead atoms. The molecule has 0 aromatic heterocycles. The van der Waals surface area contributed by atoms with Gasteiger partial charge in [0, 0.05) is 25.7 Å². The average molecular weight is 480 g/mol. The number of carbonyl (C=O) groups excluding carboxylic acids is 1. The molecule has 0 atom stereocenters. The molecule has 1 amide bonds. The molecule has 2 rings (SSSR count). The quantitative estimate of drug-likeness (QED) is 0.278. The highest BCUT2D eigenvalue weighted by atomic mass is 127. The van der Waals surface area contributed by atoms with Gasteiger partial charge in [-0.3, -0.25) is 4.99 Å². The Morgan fingerprint density at radius 2 is 1.69 bits per heavy atom. The number of nitrogens with zero attached hydrogens (tertiary/aromatic N) is 2. The summed E-state index contributed by atoms with van der Waals surface area (Å²) in [7, 11) is 0. The van der Waals surface area contributed by atoms with Crippen molar-refractivity contribution in [1.29, 1.82) is 0 Å². The van der Waals surface area contributed by atoms with Gasteiger partial charge < -0.3 is 20.7 Å². The van der Waals surface area contributed by atoms with Crippen molar-refractivity contribution in [2.24, 2.45) is 16.6 Å². The highest BCUT2D eigenvalue weighted by Gasteiger charge is 2.26. The number of guanidine groups is 1. The molecule has 2 aliphatic rings. The number of likely N-dealkylation sites (tertiary alicyclic amines) is 1. The van der Waals surface area contributed by atoms with E-state index in [0.717, 1.165) is 32.5 Å². The number of nitrogens with two attached hydrogens (primary N) is 1. The Morgan fingerprint density at radius 1 is 1.12 bits per heavy atom. The van der Waals surface area contributed by atoms with Gasteiger partial charge in [0.1, 0.15) is 5.60 Å². The second kappa shape index (κ2) is 11.2. The molecule has 1 saturated heterocycles. The highest BCUT2D eigenvalue weighted by molar-refractivity contribution is 14.0. The Bertz CT molecular complexity index is 449. The lowest BCUT2D eigenvalue weighted by molar-refractivity contribution is 0.0187. The Morgan fingerprint density at radius 3 is 2.23 bits per heavy atom. The Kier molecular flexibility index (Phi) is 10.0. The first-order valence-electron chi connectivity index (χ1n) is 9.88. The molecular weight excluding hydrogens is 443 g/mol. The van der Waals surface area contributed by atoms with Crippen molar-refractivity contribution in [3.63, 3.8) is 0 Å². The van der Waals surface area contributed by atoms with E-state index in [0.29, 0.717) is 17.9 Å². The van der Waals surface area contributed by atoms with Gasteiger partial charge in [-0.05, 0) is 52.4 Å². The first-order valence-corrected chi connectivity index (χ1v) is 9.88. The highest BCUT2D eigenvalue weighted by Crippen LogP contribution is 2.20. The number of nitrogens with one attached hydrogen (secondary N) is 1. The third-order valence-electron chi connectivity index (χ3n) is 4.99. The van der Waals surface area contributed by atoms with E-state index in [1.807, 2.05) is 20.8 Å². The zero-order valence-corrected chi connectivity index (χ0v) is 19.0. The van der Waals surface area contributed by atoms with E-state index < -0.39 is 5.60 Å². The number of hydrogen-bond acceptors (Lipinski definition) is 3. The van der Waals surface area contributed by atoms with Crippen LogP contribution in [0.1, 0.15) is 72.1 Å². The predicted octanol–water partition coefficient (Wildman–Crippen LogP) is 3.88. The largest absolute Gasteiger partial charge is 0.444 e. The second-order valence-corrected chi connectivity index (χ2v) is 8.47. The first-order chi connectivity index (χ1) is 11.8. The van der Waals surface area contributed by atoms with Crippen LogP contribution in [0.3, 0.4) is 0 Å². The van der Waals surface area contributed by atoms with Crippen LogP contribution >= 0.6 is 24.0 Å². The van der Waals surface area contributed by atoms with Crippen molar-refractivity contribution in [2.45, 2.75) is 83.8 Å². The summed E-state index contributed by atoms with van der Waals surface area (Å²) < 4.78 is 5.43. The van der Waals surface area contributed by atoms with Gasteiger partial charge in [0.25, 0.3) is 0 Å². The maximum Gasteiger partial charge on any atom is 0.410 e. The van der Waals surface area contributed by atoms with Gasteiger partial charge in [-0.15, -0.1) is 24.0 Å². The lowest BCUT2D eigenvalue weighted by atomic mass is 9.97. The Balaban J connectivity index is 0.00000338. The van der Waals surface area contributed by atoms with E-state index in [4.69, 9.17) is 10.5 Å². The zero-order chi connectivity index (χ0) is 18.3. The molecule has 7 heteroatoms. The van der Waals surface area contributed by atoms with Gasteiger partial charge in [0.2, 0.25) is 0 Å². The van der Waals surface area contributed by atoms with Gasteiger partial charge in [-0.25, -0.2) is 4.79 Å². The molecule has 1 saturated carbocycles. The van der Waals surface area contributed by atoms with Crippen LogP contribution in [-0.2, 0) is 4.74 Å². The predicted molar refractivity (Wildman–Crippen MR) is 117 cm³/mol. The fourth-order valence-electron chi connectivity index (χ4n) is 3.53. The van der Waals surface area contributed by atoms with Crippen LogP contribution in [0.2, 0.25) is 0 Å². The maximum absolute atomic E-state index is 12.1. The number of rotatable bonds is 3.